The van der Waals surface area contributed by atoms with Gasteiger partial charge in [-0.25, -0.2) is 9.78 Å². The normalized spacial score (nSPS) is 13.9. The van der Waals surface area contributed by atoms with Crippen molar-refractivity contribution in [2.24, 2.45) is 5.73 Å². The first-order chi connectivity index (χ1) is 19.4. The quantitative estimate of drug-likeness (QED) is 0.101. The fraction of sp³-hybridized carbons (Fsp3) is 0.320. The third kappa shape index (κ3) is 8.62. The number of imidazole rings is 1. The zero-order valence-electron chi connectivity index (χ0n) is 21.5. The van der Waals surface area contributed by atoms with E-state index in [1.807, 2.05) is 5.32 Å². The van der Waals surface area contributed by atoms with Gasteiger partial charge >= 0.3 is 17.9 Å². The number of H-pyrrole nitrogens is 2. The van der Waals surface area contributed by atoms with Crippen LogP contribution in [-0.2, 0) is 41.6 Å². The molecule has 0 aliphatic rings. The second kappa shape index (κ2) is 13.7. The van der Waals surface area contributed by atoms with Crippen molar-refractivity contribution in [1.82, 2.24) is 30.9 Å². The average molecular weight is 572 g/mol. The molecule has 10 N–H and O–H groups in total. The van der Waals surface area contributed by atoms with Crippen molar-refractivity contribution in [2.75, 3.05) is 0 Å². The molecule has 0 saturated heterocycles. The molecular formula is C25H29N7O9. The van der Waals surface area contributed by atoms with Gasteiger partial charge < -0.3 is 47.0 Å². The predicted molar refractivity (Wildman–Crippen MR) is 140 cm³/mol. The van der Waals surface area contributed by atoms with Crippen molar-refractivity contribution >= 4 is 46.5 Å². The van der Waals surface area contributed by atoms with Crippen LogP contribution in [0.25, 0.3) is 10.9 Å². The number of aromatic amines is 2. The number of aromatic nitrogens is 3. The number of hydrogen-bond donors (Lipinski definition) is 9. The monoisotopic (exact) mass is 571 g/mol. The molecular weight excluding hydrogens is 542 g/mol. The van der Waals surface area contributed by atoms with Crippen LogP contribution >= 0.6 is 0 Å². The zero-order chi connectivity index (χ0) is 30.1. The third-order valence-electron chi connectivity index (χ3n) is 6.07. The molecule has 4 unspecified atom stereocenters. The molecule has 0 bridgehead atoms. The summed E-state index contributed by atoms with van der Waals surface area (Å²) in [6.45, 7) is 0. The molecule has 0 spiro atoms. The third-order valence-corrected chi connectivity index (χ3v) is 6.07. The lowest BCUT2D eigenvalue weighted by Crippen LogP contribution is -2.58. The predicted octanol–water partition coefficient (Wildman–Crippen LogP) is -1.51. The van der Waals surface area contributed by atoms with Crippen molar-refractivity contribution in [2.45, 2.75) is 49.9 Å². The Hall–Kier alpha value is -5.25. The number of benzene rings is 1. The van der Waals surface area contributed by atoms with E-state index in [1.165, 1.54) is 12.5 Å². The van der Waals surface area contributed by atoms with Gasteiger partial charge in [0, 0.05) is 41.8 Å². The van der Waals surface area contributed by atoms with E-state index in [-0.39, 0.29) is 12.8 Å². The van der Waals surface area contributed by atoms with Gasteiger partial charge in [-0.1, -0.05) is 18.2 Å². The highest BCUT2D eigenvalue weighted by atomic mass is 16.4. The van der Waals surface area contributed by atoms with Gasteiger partial charge in [-0.2, -0.15) is 0 Å². The number of carbonyl (C=O) groups excluding carboxylic acids is 3. The summed E-state index contributed by atoms with van der Waals surface area (Å²) in [6, 6.07) is 1.05. The van der Waals surface area contributed by atoms with Crippen LogP contribution in [0.2, 0.25) is 0 Å². The molecule has 16 heteroatoms. The number of nitrogens with one attached hydrogen (secondary N) is 5. The highest BCUT2D eigenvalue weighted by Gasteiger charge is 2.33. The summed E-state index contributed by atoms with van der Waals surface area (Å²) >= 11 is 0. The molecule has 0 saturated carbocycles. The molecule has 2 aromatic heterocycles. The minimum absolute atomic E-state index is 0.0669. The van der Waals surface area contributed by atoms with Crippen LogP contribution in [0.3, 0.4) is 0 Å². The fourth-order valence-corrected chi connectivity index (χ4v) is 4.04. The van der Waals surface area contributed by atoms with Crippen LogP contribution < -0.4 is 21.7 Å². The maximum atomic E-state index is 13.4. The minimum atomic E-state index is -1.88. The first-order valence-electron chi connectivity index (χ1n) is 12.3. The Bertz CT molecular complexity index is 1420. The summed E-state index contributed by atoms with van der Waals surface area (Å²) < 4.78 is 0. The number of carbonyl (C=O) groups is 6. The van der Waals surface area contributed by atoms with Gasteiger partial charge in [-0.15, -0.1) is 0 Å². The number of para-hydroxylation sites is 1. The lowest BCUT2D eigenvalue weighted by Gasteiger charge is -2.24. The van der Waals surface area contributed by atoms with Gasteiger partial charge in [0.1, 0.15) is 18.1 Å². The van der Waals surface area contributed by atoms with E-state index in [2.05, 4.69) is 25.6 Å². The number of nitrogens with two attached hydrogens (primary N) is 1. The number of carboxylic acids is 3. The Kier molecular flexibility index (Phi) is 10.1. The standard InChI is InChI=1S/C25H29N7O9/c26-15(6-13-10-27-11-29-13)22(37)30-17(5-12-9-28-16-4-2-1-3-14(12)16)23(38)31-18(7-20(33)34)24(39)32-19(25(40)41)8-21(35)36/h1-4,9-11,15,17-19,28H,5-8,26H2,(H,27,29)(H,30,37)(H,31,38)(H,32,39)(H,33,34)(H,35,36)(H,40,41). The van der Waals surface area contributed by atoms with E-state index in [4.69, 9.17) is 10.8 Å². The minimum Gasteiger partial charge on any atom is -0.481 e. The van der Waals surface area contributed by atoms with Gasteiger partial charge in [0.2, 0.25) is 17.7 Å². The van der Waals surface area contributed by atoms with E-state index in [0.717, 1.165) is 10.9 Å². The highest BCUT2D eigenvalue weighted by Crippen LogP contribution is 2.19. The molecule has 218 valence electrons. The van der Waals surface area contributed by atoms with E-state index >= 15 is 0 Å². The summed E-state index contributed by atoms with van der Waals surface area (Å²) in [5.41, 5.74) is 7.96. The Morgan fingerprint density at radius 2 is 1.41 bits per heavy atom. The molecule has 0 fully saturated rings. The smallest absolute Gasteiger partial charge is 0.326 e. The lowest BCUT2D eigenvalue weighted by atomic mass is 10.0. The largest absolute Gasteiger partial charge is 0.481 e. The van der Waals surface area contributed by atoms with E-state index < -0.39 is 72.6 Å². The number of rotatable bonds is 15. The van der Waals surface area contributed by atoms with Gasteiger partial charge in [0.15, 0.2) is 0 Å². The number of fused-ring (bicyclic) bond motifs is 1. The second-order valence-electron chi connectivity index (χ2n) is 9.17. The molecule has 0 radical (unpaired) electrons. The number of aliphatic carboxylic acids is 3. The molecule has 3 aromatic rings. The van der Waals surface area contributed by atoms with Crippen LogP contribution in [0, 0.1) is 0 Å². The van der Waals surface area contributed by atoms with Gasteiger partial charge in [0.25, 0.3) is 0 Å². The van der Waals surface area contributed by atoms with E-state index in [1.54, 1.807) is 30.5 Å². The van der Waals surface area contributed by atoms with Crippen molar-refractivity contribution in [3.63, 3.8) is 0 Å². The van der Waals surface area contributed by atoms with Crippen molar-refractivity contribution < 1.29 is 44.1 Å². The van der Waals surface area contributed by atoms with Crippen LogP contribution in [0.4, 0.5) is 0 Å². The first kappa shape index (κ1) is 30.3. The topological polar surface area (TPSA) is 270 Å². The Morgan fingerprint density at radius 1 is 0.805 bits per heavy atom. The molecule has 4 atom stereocenters. The Labute approximate surface area is 231 Å². The summed E-state index contributed by atoms with van der Waals surface area (Å²) in [4.78, 5) is 82.6. The molecule has 2 heterocycles. The maximum Gasteiger partial charge on any atom is 0.326 e. The summed E-state index contributed by atoms with van der Waals surface area (Å²) in [7, 11) is 0. The summed E-state index contributed by atoms with van der Waals surface area (Å²) in [5.74, 6) is -7.60. The van der Waals surface area contributed by atoms with Crippen LogP contribution in [0.15, 0.2) is 43.0 Å². The van der Waals surface area contributed by atoms with Gasteiger partial charge in [-0.3, -0.25) is 24.0 Å². The number of nitrogens with zero attached hydrogens (tertiary/aromatic N) is 1. The fourth-order valence-electron chi connectivity index (χ4n) is 4.04. The molecule has 3 rings (SSSR count). The summed E-state index contributed by atoms with van der Waals surface area (Å²) in [5, 5.41) is 34.9. The molecule has 41 heavy (non-hydrogen) atoms. The van der Waals surface area contributed by atoms with Crippen molar-refractivity contribution in [3.8, 4) is 0 Å². The molecule has 0 aliphatic carbocycles. The highest BCUT2D eigenvalue weighted by molar-refractivity contribution is 5.96. The average Bonchev–Trinajstić information content (AvgIpc) is 3.56. The number of amides is 3. The van der Waals surface area contributed by atoms with Crippen LogP contribution in [0.1, 0.15) is 24.1 Å². The van der Waals surface area contributed by atoms with Gasteiger partial charge in [0.05, 0.1) is 25.2 Å². The molecule has 16 nitrogen and oxygen atoms in total. The van der Waals surface area contributed by atoms with Crippen LogP contribution in [0.5, 0.6) is 0 Å². The van der Waals surface area contributed by atoms with Crippen molar-refractivity contribution in [1.29, 1.82) is 0 Å². The first-order valence-corrected chi connectivity index (χ1v) is 12.3. The number of hydrogen-bond acceptors (Lipinski definition) is 8. The SMILES string of the molecule is NC(Cc1cnc[nH]1)C(=O)NC(Cc1c[nH]c2ccccc12)C(=O)NC(CC(=O)O)C(=O)NC(CC(=O)O)C(=O)O. The zero-order valence-corrected chi connectivity index (χ0v) is 21.5. The molecule has 3 amide bonds. The van der Waals surface area contributed by atoms with Gasteiger partial charge in [-0.05, 0) is 11.6 Å². The maximum absolute atomic E-state index is 13.4. The summed E-state index contributed by atoms with van der Waals surface area (Å²) in [6.07, 6.45) is 2.56. The lowest BCUT2D eigenvalue weighted by molar-refractivity contribution is -0.148. The Morgan fingerprint density at radius 3 is 2.05 bits per heavy atom. The van der Waals surface area contributed by atoms with E-state index in [0.29, 0.717) is 11.3 Å². The second-order valence-corrected chi connectivity index (χ2v) is 9.17. The van der Waals surface area contributed by atoms with Crippen LogP contribution in [-0.4, -0.2) is 90.1 Å². The molecule has 0 aliphatic heterocycles. The number of carboxylic acid groups (broad SMARTS) is 3. The van der Waals surface area contributed by atoms with E-state index in [9.17, 15) is 39.0 Å². The Balaban J connectivity index is 1.83. The molecule has 1 aromatic carbocycles. The van der Waals surface area contributed by atoms with Crippen molar-refractivity contribution in [3.05, 3.63) is 54.2 Å².